The van der Waals surface area contributed by atoms with Crippen LogP contribution in [0.15, 0.2) is 0 Å². The number of hydrogen-bond donors (Lipinski definition) is 2. The van der Waals surface area contributed by atoms with Crippen LogP contribution in [0.5, 0.6) is 0 Å². The summed E-state index contributed by atoms with van der Waals surface area (Å²) in [6, 6.07) is 0. The van der Waals surface area contributed by atoms with E-state index in [1.807, 2.05) is 6.92 Å². The standard InChI is InChI=1S/C10H21NO2/c1-7(2)5-8(3)6-10(4,11)9(12)13/h7-8H,5-6,11H2,1-4H3,(H,12,13). The van der Waals surface area contributed by atoms with Gasteiger partial charge in [0.25, 0.3) is 0 Å². The molecule has 0 amide bonds. The minimum atomic E-state index is -1.08. The van der Waals surface area contributed by atoms with Gasteiger partial charge >= 0.3 is 5.97 Å². The molecule has 2 unspecified atom stereocenters. The van der Waals surface area contributed by atoms with Gasteiger partial charge in [0.2, 0.25) is 0 Å². The summed E-state index contributed by atoms with van der Waals surface area (Å²) in [6.07, 6.45) is 1.57. The van der Waals surface area contributed by atoms with Crippen LogP contribution in [0, 0.1) is 11.8 Å². The SMILES string of the molecule is CC(C)CC(C)CC(C)(N)C(=O)O. The highest BCUT2D eigenvalue weighted by Gasteiger charge is 2.29. The van der Waals surface area contributed by atoms with E-state index in [2.05, 4.69) is 13.8 Å². The monoisotopic (exact) mass is 187 g/mol. The predicted molar refractivity (Wildman–Crippen MR) is 53.5 cm³/mol. The van der Waals surface area contributed by atoms with E-state index < -0.39 is 11.5 Å². The third-order valence-electron chi connectivity index (χ3n) is 2.13. The largest absolute Gasteiger partial charge is 0.480 e. The molecule has 78 valence electrons. The summed E-state index contributed by atoms with van der Waals surface area (Å²) in [5.41, 5.74) is 4.56. The quantitative estimate of drug-likeness (QED) is 0.690. The van der Waals surface area contributed by atoms with Crippen LogP contribution in [0.4, 0.5) is 0 Å². The molecule has 0 fully saturated rings. The summed E-state index contributed by atoms with van der Waals surface area (Å²) in [4.78, 5) is 10.7. The first kappa shape index (κ1) is 12.4. The Morgan fingerprint density at radius 1 is 1.46 bits per heavy atom. The lowest BCUT2D eigenvalue weighted by atomic mass is 9.86. The molecular weight excluding hydrogens is 166 g/mol. The van der Waals surface area contributed by atoms with E-state index in [9.17, 15) is 4.79 Å². The molecule has 0 aliphatic rings. The summed E-state index contributed by atoms with van der Waals surface area (Å²) in [5, 5.41) is 8.80. The minimum absolute atomic E-state index is 0.367. The number of carboxylic acids is 1. The zero-order valence-corrected chi connectivity index (χ0v) is 9.00. The second-order valence-electron chi connectivity index (χ2n) is 4.66. The van der Waals surface area contributed by atoms with Crippen LogP contribution in [0.1, 0.15) is 40.5 Å². The molecule has 0 aliphatic carbocycles. The molecule has 13 heavy (non-hydrogen) atoms. The van der Waals surface area contributed by atoms with Crippen LogP contribution in [0.3, 0.4) is 0 Å². The van der Waals surface area contributed by atoms with E-state index in [0.29, 0.717) is 18.3 Å². The molecule has 2 atom stereocenters. The Balaban J connectivity index is 4.04. The van der Waals surface area contributed by atoms with Crippen LogP contribution in [0.2, 0.25) is 0 Å². The Morgan fingerprint density at radius 3 is 2.23 bits per heavy atom. The van der Waals surface area contributed by atoms with E-state index in [0.717, 1.165) is 6.42 Å². The normalized spacial score (nSPS) is 18.3. The predicted octanol–water partition coefficient (Wildman–Crippen LogP) is 1.86. The smallest absolute Gasteiger partial charge is 0.323 e. The first-order valence-electron chi connectivity index (χ1n) is 4.78. The third-order valence-corrected chi connectivity index (χ3v) is 2.13. The lowest BCUT2D eigenvalue weighted by Crippen LogP contribution is -2.46. The van der Waals surface area contributed by atoms with E-state index in [1.54, 1.807) is 6.92 Å². The number of carbonyl (C=O) groups is 1. The Bertz CT molecular complexity index is 176. The number of aliphatic carboxylic acids is 1. The molecule has 0 aromatic heterocycles. The number of hydrogen-bond acceptors (Lipinski definition) is 2. The van der Waals surface area contributed by atoms with E-state index in [-0.39, 0.29) is 0 Å². The van der Waals surface area contributed by atoms with Gasteiger partial charge in [-0.1, -0.05) is 20.8 Å². The Morgan fingerprint density at radius 2 is 1.92 bits per heavy atom. The maximum Gasteiger partial charge on any atom is 0.323 e. The van der Waals surface area contributed by atoms with Crippen LogP contribution in [-0.2, 0) is 4.79 Å². The Hall–Kier alpha value is -0.570. The summed E-state index contributed by atoms with van der Waals surface area (Å²) in [5.74, 6) is 0.0498. The van der Waals surface area contributed by atoms with E-state index in [1.165, 1.54) is 0 Å². The van der Waals surface area contributed by atoms with Gasteiger partial charge in [-0.05, 0) is 31.6 Å². The van der Waals surface area contributed by atoms with Crippen LogP contribution in [-0.4, -0.2) is 16.6 Å². The van der Waals surface area contributed by atoms with Crippen molar-refractivity contribution < 1.29 is 9.90 Å². The molecule has 0 aromatic rings. The van der Waals surface area contributed by atoms with Gasteiger partial charge in [0.1, 0.15) is 5.54 Å². The van der Waals surface area contributed by atoms with Crippen molar-refractivity contribution in [3.8, 4) is 0 Å². The van der Waals surface area contributed by atoms with Gasteiger partial charge < -0.3 is 10.8 Å². The molecule has 0 aliphatic heterocycles. The lowest BCUT2D eigenvalue weighted by Gasteiger charge is -2.24. The van der Waals surface area contributed by atoms with Crippen molar-refractivity contribution in [2.75, 3.05) is 0 Å². The highest BCUT2D eigenvalue weighted by molar-refractivity contribution is 5.77. The fourth-order valence-electron chi connectivity index (χ4n) is 1.70. The Kier molecular flexibility index (Phi) is 4.40. The second-order valence-corrected chi connectivity index (χ2v) is 4.66. The molecule has 0 radical (unpaired) electrons. The van der Waals surface area contributed by atoms with E-state index >= 15 is 0 Å². The van der Waals surface area contributed by atoms with Gasteiger partial charge in [-0.25, -0.2) is 0 Å². The highest BCUT2D eigenvalue weighted by atomic mass is 16.4. The molecular formula is C10H21NO2. The number of carboxylic acid groups (broad SMARTS) is 1. The minimum Gasteiger partial charge on any atom is -0.480 e. The average molecular weight is 187 g/mol. The molecule has 0 aromatic carbocycles. The summed E-state index contributed by atoms with van der Waals surface area (Å²) < 4.78 is 0. The van der Waals surface area contributed by atoms with Crippen molar-refractivity contribution in [2.24, 2.45) is 17.6 Å². The van der Waals surface area contributed by atoms with Crippen molar-refractivity contribution >= 4 is 5.97 Å². The molecule has 0 heterocycles. The van der Waals surface area contributed by atoms with Gasteiger partial charge in [-0.3, -0.25) is 4.79 Å². The van der Waals surface area contributed by atoms with Crippen LogP contribution >= 0.6 is 0 Å². The Labute approximate surface area is 80.3 Å². The summed E-state index contributed by atoms with van der Waals surface area (Å²) in [6.45, 7) is 7.89. The zero-order chi connectivity index (χ0) is 10.6. The van der Waals surface area contributed by atoms with Crippen LogP contribution < -0.4 is 5.73 Å². The lowest BCUT2D eigenvalue weighted by molar-refractivity contribution is -0.143. The van der Waals surface area contributed by atoms with Crippen LogP contribution in [0.25, 0.3) is 0 Å². The molecule has 0 saturated heterocycles. The number of nitrogens with two attached hydrogens (primary N) is 1. The van der Waals surface area contributed by atoms with Crippen molar-refractivity contribution in [1.29, 1.82) is 0 Å². The highest BCUT2D eigenvalue weighted by Crippen LogP contribution is 2.20. The van der Waals surface area contributed by atoms with Crippen molar-refractivity contribution in [1.82, 2.24) is 0 Å². The molecule has 3 nitrogen and oxygen atoms in total. The average Bonchev–Trinajstić information content (AvgIpc) is 1.82. The molecule has 0 spiro atoms. The summed E-state index contributed by atoms with van der Waals surface area (Å²) >= 11 is 0. The molecule has 0 rings (SSSR count). The fraction of sp³-hybridized carbons (Fsp3) is 0.900. The fourth-order valence-corrected chi connectivity index (χ4v) is 1.70. The van der Waals surface area contributed by atoms with Gasteiger partial charge in [-0.2, -0.15) is 0 Å². The summed E-state index contributed by atoms with van der Waals surface area (Å²) in [7, 11) is 0. The maximum atomic E-state index is 10.7. The topological polar surface area (TPSA) is 63.3 Å². The van der Waals surface area contributed by atoms with Gasteiger partial charge in [0.05, 0.1) is 0 Å². The molecule has 0 bridgehead atoms. The van der Waals surface area contributed by atoms with Gasteiger partial charge in [0.15, 0.2) is 0 Å². The van der Waals surface area contributed by atoms with Gasteiger partial charge in [0, 0.05) is 0 Å². The first-order chi connectivity index (χ1) is 5.75. The van der Waals surface area contributed by atoms with E-state index in [4.69, 9.17) is 10.8 Å². The number of rotatable bonds is 5. The zero-order valence-electron chi connectivity index (χ0n) is 9.00. The van der Waals surface area contributed by atoms with Crippen molar-refractivity contribution in [2.45, 2.75) is 46.1 Å². The van der Waals surface area contributed by atoms with Crippen molar-refractivity contribution in [3.05, 3.63) is 0 Å². The van der Waals surface area contributed by atoms with Crippen molar-refractivity contribution in [3.63, 3.8) is 0 Å². The first-order valence-corrected chi connectivity index (χ1v) is 4.78. The molecule has 3 heteroatoms. The van der Waals surface area contributed by atoms with Gasteiger partial charge in [-0.15, -0.1) is 0 Å². The maximum absolute atomic E-state index is 10.7. The second kappa shape index (κ2) is 4.61. The third kappa shape index (κ3) is 4.88. The molecule has 0 saturated carbocycles. The molecule has 3 N–H and O–H groups in total.